The Kier molecular flexibility index (Phi) is 10.6. The van der Waals surface area contributed by atoms with Crippen LogP contribution in [-0.4, -0.2) is 54.8 Å². The van der Waals surface area contributed by atoms with Gasteiger partial charge in [-0.15, -0.1) is 11.3 Å². The molecule has 0 aromatic carbocycles. The Morgan fingerprint density at radius 3 is 2.53 bits per heavy atom. The predicted molar refractivity (Wildman–Crippen MR) is 119 cm³/mol. The van der Waals surface area contributed by atoms with Crippen LogP contribution in [0.2, 0.25) is 0 Å². The number of aryl methyl sites for hydroxylation is 1. The topological polar surface area (TPSA) is 114 Å². The molecule has 1 unspecified atom stereocenters. The summed E-state index contributed by atoms with van der Waals surface area (Å²) in [4.78, 5) is 33.2. The Bertz CT molecular complexity index is 727. The van der Waals surface area contributed by atoms with Crippen molar-refractivity contribution in [3.8, 4) is 0 Å². The molecule has 0 aliphatic heterocycles. The molecule has 1 aromatic heterocycles. The molecule has 1 aromatic rings. The third-order valence-electron chi connectivity index (χ3n) is 3.61. The zero-order valence-corrected chi connectivity index (χ0v) is 19.9. The minimum atomic E-state index is -0.512. The van der Waals surface area contributed by atoms with Gasteiger partial charge in [0.1, 0.15) is 15.5 Å². The van der Waals surface area contributed by atoms with Crippen LogP contribution in [0.4, 0.5) is 4.79 Å². The predicted octanol–water partition coefficient (Wildman–Crippen LogP) is 3.16. The van der Waals surface area contributed by atoms with Crippen molar-refractivity contribution in [2.75, 3.05) is 26.2 Å². The highest BCUT2D eigenvalue weighted by Crippen LogP contribution is 2.24. The Morgan fingerprint density at radius 2 is 1.93 bits per heavy atom. The number of guanidine groups is 1. The summed E-state index contributed by atoms with van der Waals surface area (Å²) in [6, 6.07) is -0.130. The van der Waals surface area contributed by atoms with Crippen molar-refractivity contribution < 1.29 is 19.1 Å². The summed E-state index contributed by atoms with van der Waals surface area (Å²) < 4.78 is 10.3. The van der Waals surface area contributed by atoms with Crippen LogP contribution in [0.25, 0.3) is 0 Å². The fraction of sp³-hybridized carbons (Fsp3) is 0.700. The van der Waals surface area contributed by atoms with Gasteiger partial charge < -0.3 is 25.4 Å². The summed E-state index contributed by atoms with van der Waals surface area (Å²) in [6.45, 7) is 15.0. The number of amides is 1. The summed E-state index contributed by atoms with van der Waals surface area (Å²) in [6.07, 6.45) is 0.245. The van der Waals surface area contributed by atoms with E-state index in [2.05, 4.69) is 25.9 Å². The molecule has 0 aliphatic rings. The molecule has 30 heavy (non-hydrogen) atoms. The smallest absolute Gasteiger partial charge is 0.407 e. The van der Waals surface area contributed by atoms with E-state index in [1.807, 2.05) is 34.6 Å². The average molecular weight is 442 g/mol. The number of hydrogen-bond acceptors (Lipinski definition) is 7. The summed E-state index contributed by atoms with van der Waals surface area (Å²) in [5, 5.41) is 9.99. The summed E-state index contributed by atoms with van der Waals surface area (Å²) in [5.41, 5.74) is 0.152. The summed E-state index contributed by atoms with van der Waals surface area (Å²) in [7, 11) is 0. The number of thiazole rings is 1. The quantitative estimate of drug-likeness (QED) is 0.233. The lowest BCUT2D eigenvalue weighted by atomic mass is 10.2. The van der Waals surface area contributed by atoms with Crippen LogP contribution in [0, 0.1) is 6.92 Å². The minimum absolute atomic E-state index is 0.130. The molecule has 10 heteroatoms. The van der Waals surface area contributed by atoms with Crippen molar-refractivity contribution in [3.05, 3.63) is 15.6 Å². The first kappa shape index (κ1) is 25.7. The van der Waals surface area contributed by atoms with Crippen LogP contribution in [-0.2, 0) is 9.47 Å². The van der Waals surface area contributed by atoms with Gasteiger partial charge in [-0.2, -0.15) is 0 Å². The molecule has 0 aliphatic carbocycles. The molecule has 9 nitrogen and oxygen atoms in total. The van der Waals surface area contributed by atoms with E-state index in [9.17, 15) is 9.59 Å². The Labute approximate surface area is 183 Å². The average Bonchev–Trinajstić information content (AvgIpc) is 3.02. The van der Waals surface area contributed by atoms with Crippen molar-refractivity contribution in [2.45, 2.75) is 66.5 Å². The van der Waals surface area contributed by atoms with Crippen LogP contribution < -0.4 is 16.0 Å². The van der Waals surface area contributed by atoms with Crippen molar-refractivity contribution in [1.29, 1.82) is 0 Å². The molecule has 0 bridgehead atoms. The second kappa shape index (κ2) is 12.4. The maximum atomic E-state index is 12.0. The van der Waals surface area contributed by atoms with Gasteiger partial charge in [-0.25, -0.2) is 14.6 Å². The number of ether oxygens (including phenoxy) is 2. The lowest BCUT2D eigenvalue weighted by Gasteiger charge is -2.19. The Hall–Kier alpha value is -2.36. The van der Waals surface area contributed by atoms with E-state index in [0.717, 1.165) is 5.01 Å². The van der Waals surface area contributed by atoms with Crippen molar-refractivity contribution in [2.24, 2.45) is 4.99 Å². The number of alkyl carbamates (subject to hydrolysis) is 1. The third kappa shape index (κ3) is 9.43. The van der Waals surface area contributed by atoms with Gasteiger partial charge in [-0.05, 0) is 54.9 Å². The zero-order chi connectivity index (χ0) is 22.7. The Morgan fingerprint density at radius 1 is 1.23 bits per heavy atom. The first-order valence-electron chi connectivity index (χ1n) is 10.2. The molecular formula is C20H35N5O4S. The number of hydrogen-bond donors (Lipinski definition) is 3. The molecule has 1 rings (SSSR count). The maximum absolute atomic E-state index is 12.0. The second-order valence-electron chi connectivity index (χ2n) is 7.60. The molecule has 3 N–H and O–H groups in total. The molecule has 0 saturated carbocycles. The lowest BCUT2D eigenvalue weighted by Crippen LogP contribution is -2.39. The summed E-state index contributed by atoms with van der Waals surface area (Å²) in [5.74, 6) is 0.303. The lowest BCUT2D eigenvalue weighted by molar-refractivity contribution is 0.0518. The van der Waals surface area contributed by atoms with Crippen LogP contribution in [0.15, 0.2) is 4.99 Å². The molecule has 1 atom stereocenters. The van der Waals surface area contributed by atoms with Crippen molar-refractivity contribution in [3.63, 3.8) is 0 Å². The molecule has 0 spiro atoms. The SMILES string of the molecule is CCNC(=NCCCNC(=O)OC(C)(C)C)NC(C)c1nc(C)c(C(=O)OCC)s1. The van der Waals surface area contributed by atoms with E-state index in [-0.39, 0.29) is 12.0 Å². The monoisotopic (exact) mass is 441 g/mol. The van der Waals surface area contributed by atoms with Crippen LogP contribution in [0.5, 0.6) is 0 Å². The number of esters is 1. The van der Waals surface area contributed by atoms with Crippen LogP contribution >= 0.6 is 11.3 Å². The van der Waals surface area contributed by atoms with Gasteiger partial charge in [-0.3, -0.25) is 4.99 Å². The van der Waals surface area contributed by atoms with Gasteiger partial charge in [0.25, 0.3) is 0 Å². The largest absolute Gasteiger partial charge is 0.462 e. The highest BCUT2D eigenvalue weighted by molar-refractivity contribution is 7.13. The first-order chi connectivity index (χ1) is 14.1. The van der Waals surface area contributed by atoms with E-state index in [0.29, 0.717) is 49.2 Å². The number of carbonyl (C=O) groups is 2. The highest BCUT2D eigenvalue weighted by Gasteiger charge is 2.20. The van der Waals surface area contributed by atoms with Gasteiger partial charge in [0.05, 0.1) is 18.3 Å². The number of rotatable bonds is 9. The van der Waals surface area contributed by atoms with E-state index >= 15 is 0 Å². The van der Waals surface area contributed by atoms with Gasteiger partial charge in [0.15, 0.2) is 5.96 Å². The zero-order valence-electron chi connectivity index (χ0n) is 19.0. The maximum Gasteiger partial charge on any atom is 0.407 e. The molecule has 0 fully saturated rings. The van der Waals surface area contributed by atoms with E-state index in [4.69, 9.17) is 9.47 Å². The van der Waals surface area contributed by atoms with Gasteiger partial charge in [0.2, 0.25) is 0 Å². The van der Waals surface area contributed by atoms with Crippen molar-refractivity contribution in [1.82, 2.24) is 20.9 Å². The molecule has 1 heterocycles. The van der Waals surface area contributed by atoms with Gasteiger partial charge >= 0.3 is 12.1 Å². The fourth-order valence-corrected chi connectivity index (χ4v) is 3.31. The first-order valence-corrected chi connectivity index (χ1v) is 11.0. The Balaban J connectivity index is 2.59. The standard InChI is InChI=1S/C20H35N5O4S/c1-8-21-18(22-11-10-12-23-19(27)29-20(5,6)7)25-14(4)16-24-13(3)15(30-16)17(26)28-9-2/h14H,8-12H2,1-7H3,(H,23,27)(H2,21,22,25). The number of nitrogens with one attached hydrogen (secondary N) is 3. The van der Waals surface area contributed by atoms with Gasteiger partial charge in [0, 0.05) is 19.6 Å². The van der Waals surface area contributed by atoms with E-state index < -0.39 is 11.7 Å². The molecule has 0 radical (unpaired) electrons. The molecule has 0 saturated heterocycles. The number of carbonyl (C=O) groups excluding carboxylic acids is 2. The fourth-order valence-electron chi connectivity index (χ4n) is 2.35. The molecular weight excluding hydrogens is 406 g/mol. The number of aliphatic imine (C=N–C) groups is 1. The number of nitrogens with zero attached hydrogens (tertiary/aromatic N) is 2. The molecule has 170 valence electrons. The van der Waals surface area contributed by atoms with Crippen LogP contribution in [0.3, 0.4) is 0 Å². The van der Waals surface area contributed by atoms with E-state index in [1.165, 1.54) is 11.3 Å². The minimum Gasteiger partial charge on any atom is -0.462 e. The van der Waals surface area contributed by atoms with Gasteiger partial charge in [-0.1, -0.05) is 0 Å². The second-order valence-corrected chi connectivity index (χ2v) is 8.63. The highest BCUT2D eigenvalue weighted by atomic mass is 32.1. The third-order valence-corrected chi connectivity index (χ3v) is 4.94. The van der Waals surface area contributed by atoms with Crippen LogP contribution in [0.1, 0.15) is 74.4 Å². The van der Waals surface area contributed by atoms with Crippen molar-refractivity contribution >= 4 is 29.4 Å². The normalized spacial score (nSPS) is 12.8. The summed E-state index contributed by atoms with van der Waals surface area (Å²) >= 11 is 1.32. The van der Waals surface area contributed by atoms with E-state index in [1.54, 1.807) is 13.8 Å². The molecule has 1 amide bonds. The number of aromatic nitrogens is 1.